The summed E-state index contributed by atoms with van der Waals surface area (Å²) < 4.78 is 11.4. The van der Waals surface area contributed by atoms with Crippen LogP contribution in [0.15, 0.2) is 12.2 Å². The van der Waals surface area contributed by atoms with Gasteiger partial charge in [0, 0.05) is 26.1 Å². The molecule has 32 heavy (non-hydrogen) atoms. The maximum Gasteiger partial charge on any atom is 0.161 e. The molecule has 3 heteroatoms. The molecule has 0 aromatic rings. The molecule has 3 aliphatic carbocycles. The van der Waals surface area contributed by atoms with Crippen molar-refractivity contribution in [2.45, 2.75) is 105 Å². The van der Waals surface area contributed by atoms with E-state index in [0.29, 0.717) is 29.0 Å². The maximum atomic E-state index is 13.2. The van der Waals surface area contributed by atoms with Crippen LogP contribution in [0.5, 0.6) is 0 Å². The maximum absolute atomic E-state index is 13.2. The van der Waals surface area contributed by atoms with Gasteiger partial charge in [-0.05, 0) is 85.5 Å². The Morgan fingerprint density at radius 2 is 1.72 bits per heavy atom. The zero-order valence-electron chi connectivity index (χ0n) is 22.0. The third-order valence-corrected chi connectivity index (χ3v) is 10.1. The zero-order chi connectivity index (χ0) is 23.5. The van der Waals surface area contributed by atoms with Gasteiger partial charge in [-0.15, -0.1) is 0 Å². The van der Waals surface area contributed by atoms with Gasteiger partial charge in [0.15, 0.2) is 12.1 Å². The van der Waals surface area contributed by atoms with Crippen LogP contribution >= 0.6 is 0 Å². The summed E-state index contributed by atoms with van der Waals surface area (Å²) in [7, 11) is 3.52. The number of fused-ring (bicyclic) bond motifs is 1. The molecular formula is C29H50O3. The van der Waals surface area contributed by atoms with Crippen LogP contribution in [0, 0.1) is 46.3 Å². The van der Waals surface area contributed by atoms with Crippen LogP contribution in [0.2, 0.25) is 0 Å². The predicted molar refractivity (Wildman–Crippen MR) is 132 cm³/mol. The van der Waals surface area contributed by atoms with Crippen molar-refractivity contribution in [3.8, 4) is 0 Å². The van der Waals surface area contributed by atoms with Gasteiger partial charge in [-0.3, -0.25) is 4.79 Å². The average Bonchev–Trinajstić information content (AvgIpc) is 3.11. The van der Waals surface area contributed by atoms with Gasteiger partial charge in [0.05, 0.1) is 0 Å². The molecule has 0 spiro atoms. The summed E-state index contributed by atoms with van der Waals surface area (Å²) in [6.07, 6.45) is 15.9. The van der Waals surface area contributed by atoms with Gasteiger partial charge in [-0.1, -0.05) is 60.0 Å². The van der Waals surface area contributed by atoms with E-state index in [1.54, 1.807) is 14.2 Å². The normalized spacial score (nSPS) is 38.5. The zero-order valence-corrected chi connectivity index (χ0v) is 22.0. The summed E-state index contributed by atoms with van der Waals surface area (Å²) in [5, 5.41) is 0. The number of rotatable bonds is 10. The Hall–Kier alpha value is -0.670. The SMILES string of the molecule is COC(C[C@H]1[C@@H]2CC[C@H]([C@H](C)CCCC(C)C)[C@@]2(C)CC[C@@H]1[C@@]1(C)CCC=CC1=O)OC. The van der Waals surface area contributed by atoms with Crippen molar-refractivity contribution in [1.82, 2.24) is 0 Å². The summed E-state index contributed by atoms with van der Waals surface area (Å²) in [6.45, 7) is 12.1. The van der Waals surface area contributed by atoms with Crippen LogP contribution in [0.25, 0.3) is 0 Å². The molecule has 0 N–H and O–H groups in total. The topological polar surface area (TPSA) is 35.5 Å². The number of carbonyl (C=O) groups is 1. The molecule has 0 heterocycles. The third-order valence-electron chi connectivity index (χ3n) is 10.1. The van der Waals surface area contributed by atoms with Gasteiger partial charge in [0.2, 0.25) is 0 Å². The lowest BCUT2D eigenvalue weighted by Crippen LogP contribution is -2.50. The van der Waals surface area contributed by atoms with E-state index in [1.165, 1.54) is 44.9 Å². The van der Waals surface area contributed by atoms with E-state index >= 15 is 0 Å². The Kier molecular flexibility index (Phi) is 8.69. The molecule has 184 valence electrons. The van der Waals surface area contributed by atoms with E-state index in [1.807, 2.05) is 6.08 Å². The fraction of sp³-hybridized carbons (Fsp3) is 0.897. The molecule has 0 aromatic heterocycles. The van der Waals surface area contributed by atoms with E-state index in [9.17, 15) is 4.79 Å². The monoisotopic (exact) mass is 446 g/mol. The van der Waals surface area contributed by atoms with Gasteiger partial charge < -0.3 is 9.47 Å². The molecule has 2 fully saturated rings. The lowest BCUT2D eigenvalue weighted by Gasteiger charge is -2.54. The Morgan fingerprint density at radius 3 is 2.34 bits per heavy atom. The second-order valence-electron chi connectivity index (χ2n) is 12.3. The van der Waals surface area contributed by atoms with Gasteiger partial charge in [-0.25, -0.2) is 0 Å². The number of carbonyl (C=O) groups excluding carboxylic acids is 1. The first-order valence-electron chi connectivity index (χ1n) is 13.4. The Bertz CT molecular complexity index is 651. The second kappa shape index (κ2) is 10.7. The molecule has 0 aliphatic heterocycles. The molecule has 7 atom stereocenters. The molecule has 0 saturated heterocycles. The Balaban J connectivity index is 1.84. The minimum absolute atomic E-state index is 0.176. The highest BCUT2D eigenvalue weighted by atomic mass is 16.7. The first-order chi connectivity index (χ1) is 15.2. The van der Waals surface area contributed by atoms with E-state index in [0.717, 1.165) is 37.0 Å². The van der Waals surface area contributed by atoms with Gasteiger partial charge in [0.25, 0.3) is 0 Å². The van der Waals surface area contributed by atoms with Crippen LogP contribution in [0.4, 0.5) is 0 Å². The molecule has 3 nitrogen and oxygen atoms in total. The molecule has 3 rings (SSSR count). The largest absolute Gasteiger partial charge is 0.356 e. The Labute approximate surface area is 198 Å². The summed E-state index contributed by atoms with van der Waals surface area (Å²) in [5.41, 5.74) is 0.155. The number of ketones is 1. The molecule has 0 unspecified atom stereocenters. The van der Waals surface area contributed by atoms with Crippen molar-refractivity contribution in [1.29, 1.82) is 0 Å². The highest BCUT2D eigenvalue weighted by Gasteiger charge is 2.58. The minimum atomic E-state index is -0.228. The molecule has 3 aliphatic rings. The molecule has 2 saturated carbocycles. The smallest absolute Gasteiger partial charge is 0.161 e. The summed E-state index contributed by atoms with van der Waals surface area (Å²) in [4.78, 5) is 13.2. The lowest BCUT2D eigenvalue weighted by molar-refractivity contribution is -0.152. The van der Waals surface area contributed by atoms with Crippen molar-refractivity contribution >= 4 is 5.78 Å². The Morgan fingerprint density at radius 1 is 1.00 bits per heavy atom. The highest BCUT2D eigenvalue weighted by Crippen LogP contribution is 2.64. The van der Waals surface area contributed by atoms with Crippen molar-refractivity contribution < 1.29 is 14.3 Å². The van der Waals surface area contributed by atoms with E-state index < -0.39 is 0 Å². The molecule has 0 radical (unpaired) electrons. The van der Waals surface area contributed by atoms with E-state index in [2.05, 4.69) is 40.7 Å². The number of methoxy groups -OCH3 is 2. The second-order valence-corrected chi connectivity index (χ2v) is 12.3. The number of hydrogen-bond acceptors (Lipinski definition) is 3. The molecular weight excluding hydrogens is 396 g/mol. The van der Waals surface area contributed by atoms with Gasteiger partial charge in [-0.2, -0.15) is 0 Å². The number of hydrogen-bond donors (Lipinski definition) is 0. The van der Waals surface area contributed by atoms with Crippen molar-refractivity contribution in [3.05, 3.63) is 12.2 Å². The quantitative estimate of drug-likeness (QED) is 0.327. The van der Waals surface area contributed by atoms with Crippen LogP contribution in [-0.4, -0.2) is 26.3 Å². The summed E-state index contributed by atoms with van der Waals surface area (Å²) in [6, 6.07) is 0. The first kappa shape index (κ1) is 25.9. The first-order valence-corrected chi connectivity index (χ1v) is 13.4. The van der Waals surface area contributed by atoms with Crippen molar-refractivity contribution in [2.75, 3.05) is 14.2 Å². The highest BCUT2D eigenvalue weighted by molar-refractivity contribution is 5.95. The molecule has 0 amide bonds. The fourth-order valence-electron chi connectivity index (χ4n) is 8.20. The molecule has 0 aromatic carbocycles. The van der Waals surface area contributed by atoms with Gasteiger partial charge in [0.1, 0.15) is 0 Å². The fourth-order valence-corrected chi connectivity index (χ4v) is 8.20. The van der Waals surface area contributed by atoms with Crippen molar-refractivity contribution in [2.24, 2.45) is 46.3 Å². The van der Waals surface area contributed by atoms with Crippen LogP contribution in [-0.2, 0) is 14.3 Å². The summed E-state index contributed by atoms with van der Waals surface area (Å²) >= 11 is 0. The van der Waals surface area contributed by atoms with Crippen molar-refractivity contribution in [3.63, 3.8) is 0 Å². The number of allylic oxidation sites excluding steroid dienone is 2. The standard InChI is InChI=1S/C29H50O3/c1-20(2)11-10-12-21(3)23-14-15-24-22(19-27(31-6)32-7)25(16-18-28(23,24)4)29(5)17-9-8-13-26(29)30/h8,13,20-25,27H,9-12,14-19H2,1-7H3/t21-,22+,23-,24+,25+,28-,29-/m1/s1. The van der Waals surface area contributed by atoms with E-state index in [4.69, 9.17) is 9.47 Å². The predicted octanol–water partition coefficient (Wildman–Crippen LogP) is 7.44. The average molecular weight is 447 g/mol. The molecule has 0 bridgehead atoms. The third kappa shape index (κ3) is 5.04. The summed E-state index contributed by atoms with van der Waals surface area (Å²) in [5.74, 6) is 4.34. The van der Waals surface area contributed by atoms with Crippen LogP contribution in [0.3, 0.4) is 0 Å². The minimum Gasteiger partial charge on any atom is -0.356 e. The van der Waals surface area contributed by atoms with Crippen LogP contribution in [0.1, 0.15) is 98.8 Å². The lowest BCUT2D eigenvalue weighted by atomic mass is 9.50. The van der Waals surface area contributed by atoms with Crippen LogP contribution < -0.4 is 0 Å². The van der Waals surface area contributed by atoms with E-state index in [-0.39, 0.29) is 11.7 Å². The number of ether oxygens (including phenoxy) is 2. The van der Waals surface area contributed by atoms with Gasteiger partial charge >= 0.3 is 0 Å².